The number of unbranched alkanes of at least 4 members (excludes halogenated alkanes) is 7. The van der Waals surface area contributed by atoms with Crippen LogP contribution in [-0.2, 0) is 4.79 Å². The van der Waals surface area contributed by atoms with Crippen molar-refractivity contribution in [2.75, 3.05) is 6.61 Å². The van der Waals surface area contributed by atoms with Crippen LogP contribution in [-0.4, -0.2) is 34.9 Å². The number of rotatable bonds is 20. The van der Waals surface area contributed by atoms with Crippen molar-refractivity contribution in [1.82, 2.24) is 5.32 Å². The molecule has 0 radical (unpaired) electrons. The largest absolute Gasteiger partial charge is 0.394 e. The fourth-order valence-corrected chi connectivity index (χ4v) is 3.25. The number of carbonyl (C=O) groups is 1. The summed E-state index contributed by atoms with van der Waals surface area (Å²) in [5.74, 6) is -0.0650. The Kier molecular flexibility index (Phi) is 21.3. The summed E-state index contributed by atoms with van der Waals surface area (Å²) in [7, 11) is 0. The van der Waals surface area contributed by atoms with Crippen LogP contribution >= 0.6 is 0 Å². The molecule has 0 spiro atoms. The molecule has 30 heavy (non-hydrogen) atoms. The summed E-state index contributed by atoms with van der Waals surface area (Å²) in [6.45, 7) is 4.05. The van der Waals surface area contributed by atoms with Crippen molar-refractivity contribution < 1.29 is 15.0 Å². The van der Waals surface area contributed by atoms with Gasteiger partial charge in [-0.3, -0.25) is 4.79 Å². The highest BCUT2D eigenvalue weighted by atomic mass is 16.3. The van der Waals surface area contributed by atoms with Crippen molar-refractivity contribution in [3.05, 3.63) is 36.5 Å². The predicted molar refractivity (Wildman–Crippen MR) is 128 cm³/mol. The van der Waals surface area contributed by atoms with Gasteiger partial charge in [-0.25, -0.2) is 0 Å². The lowest BCUT2D eigenvalue weighted by Gasteiger charge is -2.22. The molecule has 4 nitrogen and oxygen atoms in total. The smallest absolute Gasteiger partial charge is 0.220 e. The highest BCUT2D eigenvalue weighted by Gasteiger charge is 2.19. The summed E-state index contributed by atoms with van der Waals surface area (Å²) < 4.78 is 0. The third-order valence-electron chi connectivity index (χ3n) is 5.17. The minimum absolute atomic E-state index is 0.0650. The number of allylic oxidation sites excluding steroid dienone is 6. The normalized spacial score (nSPS) is 14.1. The third kappa shape index (κ3) is 18.6. The molecule has 0 aliphatic carbocycles. The molecule has 0 aromatic heterocycles. The minimum atomic E-state index is -0.660. The zero-order chi connectivity index (χ0) is 22.3. The molecule has 2 unspecified atom stereocenters. The van der Waals surface area contributed by atoms with E-state index in [0.717, 1.165) is 64.2 Å². The fourth-order valence-electron chi connectivity index (χ4n) is 3.25. The number of aliphatic hydroxyl groups excluding tert-OH is 2. The Bertz CT molecular complexity index is 471. The SMILES string of the molecule is CC/C=C\C/C=C\C/C=C\CCCCCCCC(=O)NC(CO)C(O)CCCCC. The first-order valence-electron chi connectivity index (χ1n) is 12.2. The lowest BCUT2D eigenvalue weighted by Crippen LogP contribution is -2.45. The Morgan fingerprint density at radius 1 is 0.833 bits per heavy atom. The molecule has 1 amide bonds. The zero-order valence-electron chi connectivity index (χ0n) is 19.5. The Balaban J connectivity index is 3.63. The summed E-state index contributed by atoms with van der Waals surface area (Å²) in [6, 6.07) is -0.538. The minimum Gasteiger partial charge on any atom is -0.394 e. The summed E-state index contributed by atoms with van der Waals surface area (Å²) in [6.07, 6.45) is 26.5. The number of hydrogen-bond acceptors (Lipinski definition) is 3. The standard InChI is InChI=1S/C26H47NO3/c1-3-5-7-8-9-10-11-12-13-14-15-16-17-18-20-22-26(30)27-24(23-28)25(29)21-19-6-4-2/h5,7,9-10,12-13,24-25,28-29H,3-4,6,8,11,14-23H2,1-2H3,(H,27,30)/b7-5-,10-9-,13-12-. The van der Waals surface area contributed by atoms with Gasteiger partial charge in [0.2, 0.25) is 5.91 Å². The van der Waals surface area contributed by atoms with Crippen LogP contribution in [0.1, 0.15) is 104 Å². The van der Waals surface area contributed by atoms with E-state index in [4.69, 9.17) is 0 Å². The maximum atomic E-state index is 12.0. The summed E-state index contributed by atoms with van der Waals surface area (Å²) in [4.78, 5) is 12.0. The van der Waals surface area contributed by atoms with Gasteiger partial charge in [0, 0.05) is 6.42 Å². The topological polar surface area (TPSA) is 69.6 Å². The van der Waals surface area contributed by atoms with E-state index in [9.17, 15) is 15.0 Å². The van der Waals surface area contributed by atoms with Crippen LogP contribution in [0.4, 0.5) is 0 Å². The molecule has 0 rings (SSSR count). The number of amides is 1. The van der Waals surface area contributed by atoms with Crippen molar-refractivity contribution >= 4 is 5.91 Å². The summed E-state index contributed by atoms with van der Waals surface area (Å²) in [5.41, 5.74) is 0. The van der Waals surface area contributed by atoms with Gasteiger partial charge in [-0.05, 0) is 44.9 Å². The average Bonchev–Trinajstić information content (AvgIpc) is 2.74. The van der Waals surface area contributed by atoms with E-state index in [1.165, 1.54) is 12.8 Å². The molecule has 2 atom stereocenters. The van der Waals surface area contributed by atoms with Gasteiger partial charge in [0.1, 0.15) is 0 Å². The van der Waals surface area contributed by atoms with Gasteiger partial charge in [-0.15, -0.1) is 0 Å². The van der Waals surface area contributed by atoms with Gasteiger partial charge in [0.15, 0.2) is 0 Å². The van der Waals surface area contributed by atoms with Crippen LogP contribution in [0.25, 0.3) is 0 Å². The maximum absolute atomic E-state index is 12.0. The van der Waals surface area contributed by atoms with E-state index in [-0.39, 0.29) is 12.5 Å². The van der Waals surface area contributed by atoms with E-state index in [1.54, 1.807) is 0 Å². The van der Waals surface area contributed by atoms with Gasteiger partial charge < -0.3 is 15.5 Å². The lowest BCUT2D eigenvalue weighted by atomic mass is 10.0. The van der Waals surface area contributed by atoms with Crippen molar-refractivity contribution in [2.24, 2.45) is 0 Å². The van der Waals surface area contributed by atoms with Gasteiger partial charge in [0.25, 0.3) is 0 Å². The van der Waals surface area contributed by atoms with E-state index >= 15 is 0 Å². The maximum Gasteiger partial charge on any atom is 0.220 e. The second-order valence-corrected chi connectivity index (χ2v) is 8.02. The second-order valence-electron chi connectivity index (χ2n) is 8.02. The van der Waals surface area contributed by atoms with Crippen molar-refractivity contribution in [2.45, 2.75) is 116 Å². The molecule has 174 valence electrons. The van der Waals surface area contributed by atoms with E-state index in [2.05, 4.69) is 55.6 Å². The Labute approximate surface area is 185 Å². The van der Waals surface area contributed by atoms with E-state index in [0.29, 0.717) is 12.8 Å². The monoisotopic (exact) mass is 421 g/mol. The summed E-state index contributed by atoms with van der Waals surface area (Å²) >= 11 is 0. The molecule has 0 aliphatic rings. The van der Waals surface area contributed by atoms with Gasteiger partial charge in [-0.1, -0.05) is 88.8 Å². The Hall–Kier alpha value is -1.39. The molecule has 0 saturated carbocycles. The number of carbonyl (C=O) groups excluding carboxylic acids is 1. The highest BCUT2D eigenvalue weighted by Crippen LogP contribution is 2.10. The average molecular weight is 422 g/mol. The summed E-state index contributed by atoms with van der Waals surface area (Å²) in [5, 5.41) is 22.3. The van der Waals surface area contributed by atoms with E-state index < -0.39 is 12.1 Å². The number of nitrogens with one attached hydrogen (secondary N) is 1. The van der Waals surface area contributed by atoms with Crippen molar-refractivity contribution in [3.63, 3.8) is 0 Å². The molecule has 0 bridgehead atoms. The number of hydrogen-bond donors (Lipinski definition) is 3. The molecule has 0 saturated heterocycles. The Morgan fingerprint density at radius 3 is 2.13 bits per heavy atom. The molecule has 0 fully saturated rings. The van der Waals surface area contributed by atoms with Gasteiger partial charge in [0.05, 0.1) is 18.8 Å². The molecule has 4 heteroatoms. The molecule has 0 aromatic rings. The highest BCUT2D eigenvalue weighted by molar-refractivity contribution is 5.76. The Morgan fingerprint density at radius 2 is 1.47 bits per heavy atom. The first-order chi connectivity index (χ1) is 14.7. The van der Waals surface area contributed by atoms with Gasteiger partial charge >= 0.3 is 0 Å². The predicted octanol–water partition coefficient (Wildman–Crippen LogP) is 5.99. The van der Waals surface area contributed by atoms with Crippen LogP contribution in [0.5, 0.6) is 0 Å². The van der Waals surface area contributed by atoms with Crippen LogP contribution in [0.3, 0.4) is 0 Å². The first kappa shape index (κ1) is 28.6. The second kappa shape index (κ2) is 22.3. The van der Waals surface area contributed by atoms with E-state index in [1.807, 2.05) is 0 Å². The van der Waals surface area contributed by atoms with Gasteiger partial charge in [-0.2, -0.15) is 0 Å². The van der Waals surface area contributed by atoms with Crippen LogP contribution in [0.2, 0.25) is 0 Å². The molecule has 3 N–H and O–H groups in total. The van der Waals surface area contributed by atoms with Crippen LogP contribution < -0.4 is 5.32 Å². The number of aliphatic hydroxyl groups is 2. The molecular weight excluding hydrogens is 374 g/mol. The van der Waals surface area contributed by atoms with Crippen molar-refractivity contribution in [3.8, 4) is 0 Å². The first-order valence-corrected chi connectivity index (χ1v) is 12.2. The van der Waals surface area contributed by atoms with Crippen molar-refractivity contribution in [1.29, 1.82) is 0 Å². The molecule has 0 aromatic carbocycles. The molecular formula is C26H47NO3. The zero-order valence-corrected chi connectivity index (χ0v) is 19.5. The molecule has 0 aliphatic heterocycles. The quantitative estimate of drug-likeness (QED) is 0.167. The lowest BCUT2D eigenvalue weighted by molar-refractivity contribution is -0.123. The molecule has 0 heterocycles. The fraction of sp³-hybridized carbons (Fsp3) is 0.731. The van der Waals surface area contributed by atoms with Crippen LogP contribution in [0, 0.1) is 0 Å². The van der Waals surface area contributed by atoms with Crippen LogP contribution in [0.15, 0.2) is 36.5 Å². The third-order valence-corrected chi connectivity index (χ3v) is 5.17.